The fourth-order valence-corrected chi connectivity index (χ4v) is 2.24. The van der Waals surface area contributed by atoms with Crippen LogP contribution in [0.15, 0.2) is 18.2 Å². The van der Waals surface area contributed by atoms with Crippen LogP contribution in [0, 0.1) is 17.2 Å². The van der Waals surface area contributed by atoms with Crippen LogP contribution in [0.1, 0.15) is 27.7 Å². The van der Waals surface area contributed by atoms with Crippen molar-refractivity contribution in [3.8, 4) is 5.75 Å². The lowest BCUT2D eigenvalue weighted by molar-refractivity contribution is 0.0154. The van der Waals surface area contributed by atoms with Crippen molar-refractivity contribution in [2.24, 2.45) is 11.3 Å². The van der Waals surface area contributed by atoms with Crippen molar-refractivity contribution in [2.45, 2.75) is 33.8 Å². The van der Waals surface area contributed by atoms with Gasteiger partial charge in [0.25, 0.3) is 0 Å². The molecule has 5 nitrogen and oxygen atoms in total. The van der Waals surface area contributed by atoms with Crippen LogP contribution in [-0.4, -0.2) is 30.9 Å². The summed E-state index contributed by atoms with van der Waals surface area (Å²) >= 11 is 0. The molecule has 0 aliphatic carbocycles. The number of hydrogen-bond acceptors (Lipinski definition) is 3. The van der Waals surface area contributed by atoms with Crippen LogP contribution in [-0.2, 0) is 0 Å². The van der Waals surface area contributed by atoms with Gasteiger partial charge in [0.05, 0.1) is 13.2 Å². The first-order valence-electron chi connectivity index (χ1n) is 7.23. The maximum Gasteiger partial charge on any atom is 0.319 e. The van der Waals surface area contributed by atoms with Crippen molar-refractivity contribution in [3.05, 3.63) is 24.0 Å². The van der Waals surface area contributed by atoms with E-state index in [1.54, 1.807) is 0 Å². The summed E-state index contributed by atoms with van der Waals surface area (Å²) < 4.78 is 18.3. The molecule has 3 N–H and O–H groups in total. The van der Waals surface area contributed by atoms with E-state index in [4.69, 9.17) is 4.74 Å². The molecular formula is C16H25FN2O3. The molecule has 2 amide bonds. The van der Waals surface area contributed by atoms with E-state index in [2.05, 4.69) is 10.6 Å². The Hall–Kier alpha value is -1.82. The number of amides is 2. The molecule has 0 aliphatic rings. The van der Waals surface area contributed by atoms with E-state index in [-0.39, 0.29) is 5.92 Å². The number of halogens is 1. The Morgan fingerprint density at radius 3 is 2.55 bits per heavy atom. The van der Waals surface area contributed by atoms with E-state index in [0.717, 1.165) is 0 Å². The Morgan fingerprint density at radius 1 is 1.36 bits per heavy atom. The number of rotatable bonds is 6. The lowest BCUT2D eigenvalue weighted by Gasteiger charge is -2.33. The molecule has 22 heavy (non-hydrogen) atoms. The predicted molar refractivity (Wildman–Crippen MR) is 84.6 cm³/mol. The van der Waals surface area contributed by atoms with Crippen molar-refractivity contribution >= 4 is 11.7 Å². The van der Waals surface area contributed by atoms with Gasteiger partial charge in [0.1, 0.15) is 11.6 Å². The Labute approximate surface area is 130 Å². The molecule has 0 saturated carbocycles. The van der Waals surface area contributed by atoms with Gasteiger partial charge in [0.2, 0.25) is 0 Å². The zero-order valence-electron chi connectivity index (χ0n) is 13.7. The molecule has 0 saturated heterocycles. The standard InChI is InChI=1S/C16H25FN2O3/c1-10(2)14(20)16(3,4)9-18-15(21)19-12-6-11(17)7-13(8-12)22-5/h6-8,10,14,20H,9H2,1-5H3,(H2,18,19,21). The highest BCUT2D eigenvalue weighted by Gasteiger charge is 2.30. The highest BCUT2D eigenvalue weighted by atomic mass is 19.1. The minimum atomic E-state index is -0.540. The molecule has 1 atom stereocenters. The molecule has 0 fully saturated rings. The van der Waals surface area contributed by atoms with Gasteiger partial charge in [0, 0.05) is 29.8 Å². The maximum atomic E-state index is 13.4. The van der Waals surface area contributed by atoms with Crippen molar-refractivity contribution < 1.29 is 19.0 Å². The van der Waals surface area contributed by atoms with E-state index >= 15 is 0 Å². The normalized spacial score (nSPS) is 12.9. The summed E-state index contributed by atoms with van der Waals surface area (Å²) in [5, 5.41) is 15.4. The number of methoxy groups -OCH3 is 1. The van der Waals surface area contributed by atoms with Gasteiger partial charge in [-0.05, 0) is 12.0 Å². The zero-order chi connectivity index (χ0) is 16.9. The average molecular weight is 312 g/mol. The second kappa shape index (κ2) is 7.45. The number of carbonyl (C=O) groups excluding carboxylic acids is 1. The van der Waals surface area contributed by atoms with Crippen LogP contribution >= 0.6 is 0 Å². The Morgan fingerprint density at radius 2 is 2.00 bits per heavy atom. The summed E-state index contributed by atoms with van der Waals surface area (Å²) in [6, 6.07) is 3.50. The molecule has 1 aromatic carbocycles. The van der Waals surface area contributed by atoms with Crippen LogP contribution in [0.25, 0.3) is 0 Å². The highest BCUT2D eigenvalue weighted by molar-refractivity contribution is 5.89. The summed E-state index contributed by atoms with van der Waals surface area (Å²) in [5.74, 6) is -0.0802. The van der Waals surface area contributed by atoms with Crippen LogP contribution in [0.5, 0.6) is 5.75 Å². The predicted octanol–water partition coefficient (Wildman–Crippen LogP) is 3.00. The smallest absolute Gasteiger partial charge is 0.319 e. The third-order valence-corrected chi connectivity index (χ3v) is 3.50. The van der Waals surface area contributed by atoms with Gasteiger partial charge in [-0.3, -0.25) is 0 Å². The lowest BCUT2D eigenvalue weighted by atomic mass is 9.81. The number of benzene rings is 1. The fourth-order valence-electron chi connectivity index (χ4n) is 2.24. The van der Waals surface area contributed by atoms with E-state index < -0.39 is 23.4 Å². The number of urea groups is 1. The third-order valence-electron chi connectivity index (χ3n) is 3.50. The Bertz CT molecular complexity index is 518. The van der Waals surface area contributed by atoms with Gasteiger partial charge in [-0.15, -0.1) is 0 Å². The summed E-state index contributed by atoms with van der Waals surface area (Å²) in [6.07, 6.45) is -0.540. The van der Waals surface area contributed by atoms with Crippen molar-refractivity contribution in [1.82, 2.24) is 5.32 Å². The fraction of sp³-hybridized carbons (Fsp3) is 0.562. The molecule has 0 bridgehead atoms. The third kappa shape index (κ3) is 5.18. The number of aliphatic hydroxyl groups excluding tert-OH is 1. The minimum absolute atomic E-state index is 0.0901. The van der Waals surface area contributed by atoms with Crippen molar-refractivity contribution in [1.29, 1.82) is 0 Å². The molecule has 6 heteroatoms. The summed E-state index contributed by atoms with van der Waals surface area (Å²) in [4.78, 5) is 11.9. The quantitative estimate of drug-likeness (QED) is 0.756. The highest BCUT2D eigenvalue weighted by Crippen LogP contribution is 2.25. The summed E-state index contributed by atoms with van der Waals surface area (Å²) in [7, 11) is 1.43. The van der Waals surface area contributed by atoms with Crippen LogP contribution in [0.3, 0.4) is 0 Å². The van der Waals surface area contributed by atoms with E-state index in [9.17, 15) is 14.3 Å². The molecule has 0 spiro atoms. The lowest BCUT2D eigenvalue weighted by Crippen LogP contribution is -2.44. The molecule has 0 heterocycles. The summed E-state index contributed by atoms with van der Waals surface area (Å²) in [6.45, 7) is 7.90. The van der Waals surface area contributed by atoms with Crippen LogP contribution < -0.4 is 15.4 Å². The molecule has 1 unspecified atom stereocenters. The SMILES string of the molecule is COc1cc(F)cc(NC(=O)NCC(C)(C)C(O)C(C)C)c1. The second-order valence-corrected chi connectivity index (χ2v) is 6.36. The van der Waals surface area contributed by atoms with E-state index in [1.165, 1.54) is 25.3 Å². The summed E-state index contributed by atoms with van der Waals surface area (Å²) in [5.41, 5.74) is -0.165. The van der Waals surface area contributed by atoms with E-state index in [0.29, 0.717) is 18.0 Å². The molecule has 0 aliphatic heterocycles. The van der Waals surface area contributed by atoms with Gasteiger partial charge in [-0.2, -0.15) is 0 Å². The average Bonchev–Trinajstić information content (AvgIpc) is 2.43. The Balaban J connectivity index is 2.62. The number of hydrogen-bond donors (Lipinski definition) is 3. The maximum absolute atomic E-state index is 13.4. The van der Waals surface area contributed by atoms with Crippen LogP contribution in [0.2, 0.25) is 0 Å². The first kappa shape index (κ1) is 18.2. The molecule has 0 radical (unpaired) electrons. The zero-order valence-corrected chi connectivity index (χ0v) is 13.7. The van der Waals surface area contributed by atoms with Crippen molar-refractivity contribution in [2.75, 3.05) is 19.0 Å². The largest absolute Gasteiger partial charge is 0.497 e. The molecule has 124 valence electrons. The molecule has 1 aromatic rings. The first-order chi connectivity index (χ1) is 10.2. The molecule has 1 rings (SSSR count). The van der Waals surface area contributed by atoms with Gasteiger partial charge >= 0.3 is 6.03 Å². The number of ether oxygens (including phenoxy) is 1. The number of carbonyl (C=O) groups is 1. The van der Waals surface area contributed by atoms with Gasteiger partial charge in [-0.25, -0.2) is 9.18 Å². The second-order valence-electron chi connectivity index (χ2n) is 6.36. The van der Waals surface area contributed by atoms with Crippen LogP contribution in [0.4, 0.5) is 14.9 Å². The monoisotopic (exact) mass is 312 g/mol. The van der Waals surface area contributed by atoms with E-state index in [1.807, 2.05) is 27.7 Å². The number of aliphatic hydroxyl groups is 1. The minimum Gasteiger partial charge on any atom is -0.497 e. The van der Waals surface area contributed by atoms with Gasteiger partial charge in [0.15, 0.2) is 0 Å². The topological polar surface area (TPSA) is 70.6 Å². The van der Waals surface area contributed by atoms with Gasteiger partial charge < -0.3 is 20.5 Å². The molecule has 0 aromatic heterocycles. The van der Waals surface area contributed by atoms with Gasteiger partial charge in [-0.1, -0.05) is 27.7 Å². The number of nitrogens with one attached hydrogen (secondary N) is 2. The number of anilines is 1. The first-order valence-corrected chi connectivity index (χ1v) is 7.23. The van der Waals surface area contributed by atoms with Crippen molar-refractivity contribution in [3.63, 3.8) is 0 Å². The Kier molecular flexibility index (Phi) is 6.17. The molecular weight excluding hydrogens is 287 g/mol.